The highest BCUT2D eigenvalue weighted by atomic mass is 35.5. The summed E-state index contributed by atoms with van der Waals surface area (Å²) in [7, 11) is 0. The first-order chi connectivity index (χ1) is 13.4. The van der Waals surface area contributed by atoms with Gasteiger partial charge in [-0.05, 0) is 12.3 Å². The molecular weight excluding hydrogens is 446 g/mol. The fourth-order valence-electron chi connectivity index (χ4n) is 3.16. The molecule has 1 fully saturated rings. The summed E-state index contributed by atoms with van der Waals surface area (Å²) in [5, 5.41) is 2.99. The maximum absolute atomic E-state index is 13.5. The first-order valence-electron chi connectivity index (χ1n) is 8.29. The van der Waals surface area contributed by atoms with E-state index < -0.39 is 35.0 Å². The average Bonchev–Trinajstić information content (AvgIpc) is 2.99. The highest BCUT2D eigenvalue weighted by Gasteiger charge is 2.46. The van der Waals surface area contributed by atoms with Crippen molar-refractivity contribution in [2.75, 3.05) is 0 Å². The Bertz CT molecular complexity index is 1160. The van der Waals surface area contributed by atoms with Crippen molar-refractivity contribution >= 4 is 27.9 Å². The molecule has 0 spiro atoms. The molecule has 29 heavy (non-hydrogen) atoms. The number of halogens is 7. The predicted octanol–water partition coefficient (Wildman–Crippen LogP) is 4.82. The minimum Gasteiger partial charge on any atom is -0.269 e. The molecular formula is C16H11ClF6N4OS. The molecule has 0 aliphatic heterocycles. The number of hydrogen-bond acceptors (Lipinski definition) is 4. The minimum atomic E-state index is -4.71. The Labute approximate surface area is 167 Å². The van der Waals surface area contributed by atoms with E-state index >= 15 is 0 Å². The molecule has 5 nitrogen and oxygen atoms in total. The lowest BCUT2D eigenvalue weighted by atomic mass is 10.2. The molecule has 3 aromatic rings. The van der Waals surface area contributed by atoms with Gasteiger partial charge in [0, 0.05) is 18.1 Å². The van der Waals surface area contributed by atoms with Crippen LogP contribution in [0, 0.1) is 5.92 Å². The van der Waals surface area contributed by atoms with E-state index in [0.29, 0.717) is 23.8 Å². The third kappa shape index (κ3) is 3.63. The van der Waals surface area contributed by atoms with Gasteiger partial charge in [0.1, 0.15) is 10.0 Å². The van der Waals surface area contributed by atoms with E-state index in [-0.39, 0.29) is 33.3 Å². The highest BCUT2D eigenvalue weighted by Crippen LogP contribution is 2.52. The standard InChI is InChI=1S/C16H11ClF6N4OS/c1-6-2-8(6)12-13(16(21,22)23)29-14-24-7(3-11(28)27(12)14)5-26-10(17)4-9(25-26)15(18,19)20/h3-4,6,8H,2,5H2,1H3/t6-,8+/m1/s1. The van der Waals surface area contributed by atoms with Crippen LogP contribution in [0.3, 0.4) is 0 Å². The van der Waals surface area contributed by atoms with Gasteiger partial charge in [-0.1, -0.05) is 29.9 Å². The summed E-state index contributed by atoms with van der Waals surface area (Å²) in [6.45, 7) is 1.40. The summed E-state index contributed by atoms with van der Waals surface area (Å²) >= 11 is 6.10. The molecule has 156 valence electrons. The number of thiazole rings is 1. The second kappa shape index (κ2) is 6.46. The quantitative estimate of drug-likeness (QED) is 0.531. The molecule has 0 radical (unpaired) electrons. The average molecular weight is 457 g/mol. The summed E-state index contributed by atoms with van der Waals surface area (Å²) in [4.78, 5) is 15.6. The van der Waals surface area contributed by atoms with Crippen molar-refractivity contribution in [1.82, 2.24) is 19.2 Å². The van der Waals surface area contributed by atoms with E-state index in [1.54, 1.807) is 6.92 Å². The number of aromatic nitrogens is 4. The van der Waals surface area contributed by atoms with Gasteiger partial charge in [0.05, 0.1) is 17.9 Å². The number of rotatable bonds is 3. The molecule has 0 saturated heterocycles. The van der Waals surface area contributed by atoms with Gasteiger partial charge < -0.3 is 0 Å². The van der Waals surface area contributed by atoms with E-state index in [0.717, 1.165) is 15.1 Å². The zero-order valence-electron chi connectivity index (χ0n) is 14.5. The lowest BCUT2D eigenvalue weighted by Crippen LogP contribution is -2.19. The summed E-state index contributed by atoms with van der Waals surface area (Å²) in [5.41, 5.74) is -2.10. The summed E-state index contributed by atoms with van der Waals surface area (Å²) in [5.74, 6) is -0.371. The second-order valence-electron chi connectivity index (χ2n) is 6.85. The Kier molecular flexibility index (Phi) is 4.50. The van der Waals surface area contributed by atoms with Crippen LogP contribution in [0.25, 0.3) is 4.96 Å². The van der Waals surface area contributed by atoms with E-state index in [2.05, 4.69) is 10.1 Å². The van der Waals surface area contributed by atoms with Gasteiger partial charge in [-0.2, -0.15) is 31.4 Å². The molecule has 13 heteroatoms. The molecule has 1 aliphatic carbocycles. The molecule has 3 aromatic heterocycles. The largest absolute Gasteiger partial charge is 0.435 e. The first kappa shape index (κ1) is 20.2. The van der Waals surface area contributed by atoms with Gasteiger partial charge in [0.25, 0.3) is 5.56 Å². The molecule has 0 amide bonds. The molecule has 0 aromatic carbocycles. The van der Waals surface area contributed by atoms with Gasteiger partial charge in [-0.3, -0.25) is 9.20 Å². The second-order valence-corrected chi connectivity index (χ2v) is 8.21. The van der Waals surface area contributed by atoms with Crippen molar-refractivity contribution in [2.24, 2.45) is 5.92 Å². The van der Waals surface area contributed by atoms with E-state index in [1.807, 2.05) is 0 Å². The molecule has 0 N–H and O–H groups in total. The van der Waals surface area contributed by atoms with Crippen LogP contribution >= 0.6 is 22.9 Å². The van der Waals surface area contributed by atoms with E-state index in [1.165, 1.54) is 0 Å². The van der Waals surface area contributed by atoms with Crippen molar-refractivity contribution in [3.8, 4) is 0 Å². The van der Waals surface area contributed by atoms with Crippen LogP contribution in [0.2, 0.25) is 5.15 Å². The van der Waals surface area contributed by atoms with Crippen LogP contribution in [0.4, 0.5) is 26.3 Å². The summed E-state index contributed by atoms with van der Waals surface area (Å²) < 4.78 is 80.4. The summed E-state index contributed by atoms with van der Waals surface area (Å²) in [6.07, 6.45) is -8.82. The zero-order chi connectivity index (χ0) is 21.3. The zero-order valence-corrected chi connectivity index (χ0v) is 16.0. The third-order valence-corrected chi connectivity index (χ3v) is 6.06. The maximum Gasteiger partial charge on any atom is 0.435 e. The molecule has 4 rings (SSSR count). The maximum atomic E-state index is 13.5. The van der Waals surface area contributed by atoms with Crippen molar-refractivity contribution in [3.05, 3.63) is 49.6 Å². The van der Waals surface area contributed by atoms with Gasteiger partial charge in [-0.25, -0.2) is 9.67 Å². The van der Waals surface area contributed by atoms with Crippen LogP contribution < -0.4 is 5.56 Å². The molecule has 2 atom stereocenters. The monoisotopic (exact) mass is 456 g/mol. The fourth-order valence-corrected chi connectivity index (χ4v) is 4.45. The third-order valence-electron chi connectivity index (χ3n) is 4.66. The smallest absolute Gasteiger partial charge is 0.269 e. The topological polar surface area (TPSA) is 52.2 Å². The Morgan fingerprint density at radius 1 is 1.21 bits per heavy atom. The van der Waals surface area contributed by atoms with Crippen molar-refractivity contribution in [3.63, 3.8) is 0 Å². The van der Waals surface area contributed by atoms with Crippen molar-refractivity contribution in [1.29, 1.82) is 0 Å². The lowest BCUT2D eigenvalue weighted by molar-refractivity contribution is -0.141. The van der Waals surface area contributed by atoms with Crippen LogP contribution in [-0.4, -0.2) is 19.2 Å². The van der Waals surface area contributed by atoms with Crippen LogP contribution in [0.1, 0.15) is 41.2 Å². The molecule has 0 unspecified atom stereocenters. The van der Waals surface area contributed by atoms with E-state index in [9.17, 15) is 31.1 Å². The molecule has 1 aliphatic rings. The fraction of sp³-hybridized carbons (Fsp3) is 0.438. The van der Waals surface area contributed by atoms with Crippen molar-refractivity contribution < 1.29 is 26.3 Å². The molecule has 0 bridgehead atoms. The normalized spacial score (nSPS) is 19.9. The SMILES string of the molecule is C[C@@H]1C[C@@H]1c1c(C(F)(F)F)sc2nc(Cn3nc(C(F)(F)F)cc3Cl)cc(=O)n12. The number of hydrogen-bond donors (Lipinski definition) is 0. The van der Waals surface area contributed by atoms with Crippen LogP contribution in [0.5, 0.6) is 0 Å². The number of nitrogens with zero attached hydrogens (tertiary/aromatic N) is 4. The highest BCUT2D eigenvalue weighted by molar-refractivity contribution is 7.17. The van der Waals surface area contributed by atoms with Gasteiger partial charge in [-0.15, -0.1) is 0 Å². The Morgan fingerprint density at radius 3 is 2.38 bits per heavy atom. The Balaban J connectivity index is 1.79. The Morgan fingerprint density at radius 2 is 1.86 bits per heavy atom. The van der Waals surface area contributed by atoms with Crippen LogP contribution in [0.15, 0.2) is 16.9 Å². The number of fused-ring (bicyclic) bond motifs is 1. The van der Waals surface area contributed by atoms with Crippen LogP contribution in [-0.2, 0) is 18.9 Å². The Hall–Kier alpha value is -2.08. The van der Waals surface area contributed by atoms with Gasteiger partial charge in [0.15, 0.2) is 10.7 Å². The van der Waals surface area contributed by atoms with Gasteiger partial charge in [0.2, 0.25) is 0 Å². The predicted molar refractivity (Wildman–Crippen MR) is 92.2 cm³/mol. The van der Waals surface area contributed by atoms with E-state index in [4.69, 9.17) is 11.6 Å². The summed E-state index contributed by atoms with van der Waals surface area (Å²) in [6, 6.07) is 1.61. The van der Waals surface area contributed by atoms with Crippen molar-refractivity contribution in [2.45, 2.75) is 38.2 Å². The minimum absolute atomic E-state index is 0.0177. The first-order valence-corrected chi connectivity index (χ1v) is 9.49. The lowest BCUT2D eigenvalue weighted by Gasteiger charge is -2.07. The van der Waals surface area contributed by atoms with Gasteiger partial charge >= 0.3 is 12.4 Å². The molecule has 1 saturated carbocycles. The molecule has 3 heterocycles. The number of alkyl halides is 6.